The number of carboxylic acid groups (broad SMARTS) is 1. The van der Waals surface area contributed by atoms with E-state index in [0.717, 1.165) is 0 Å². The Morgan fingerprint density at radius 3 is 2.43 bits per heavy atom. The molecule has 2 N–H and O–H groups in total. The highest BCUT2D eigenvalue weighted by atomic mass is 32.2. The first-order valence-corrected chi connectivity index (χ1v) is 8.97. The minimum absolute atomic E-state index is 0.0237. The maximum absolute atomic E-state index is 12.1. The summed E-state index contributed by atoms with van der Waals surface area (Å²) in [5.74, 6) is -2.25. The van der Waals surface area contributed by atoms with Gasteiger partial charge in [0.15, 0.2) is 9.84 Å². The van der Waals surface area contributed by atoms with Crippen LogP contribution in [0.5, 0.6) is 0 Å². The zero-order chi connectivity index (χ0) is 17.8. The molecule has 1 amide bonds. The van der Waals surface area contributed by atoms with Crippen LogP contribution in [0.4, 0.5) is 0 Å². The molecule has 0 bridgehead atoms. The van der Waals surface area contributed by atoms with E-state index >= 15 is 0 Å². The number of amides is 1. The number of sulfone groups is 1. The van der Waals surface area contributed by atoms with Crippen LogP contribution in [0.25, 0.3) is 0 Å². The molecule has 9 heteroatoms. The summed E-state index contributed by atoms with van der Waals surface area (Å²) < 4.78 is 22.9. The van der Waals surface area contributed by atoms with Crippen molar-refractivity contribution in [1.82, 2.24) is 10.2 Å². The number of hydrogen-bond donors (Lipinski definition) is 2. The fourth-order valence-electron chi connectivity index (χ4n) is 2.28. The largest absolute Gasteiger partial charge is 0.480 e. The van der Waals surface area contributed by atoms with Crippen LogP contribution in [-0.4, -0.2) is 60.9 Å². The summed E-state index contributed by atoms with van der Waals surface area (Å²) in [4.78, 5) is 24.7. The van der Waals surface area contributed by atoms with E-state index in [9.17, 15) is 18.0 Å². The van der Waals surface area contributed by atoms with Gasteiger partial charge in [0.2, 0.25) is 0 Å². The van der Waals surface area contributed by atoms with E-state index in [1.54, 1.807) is 27.0 Å². The van der Waals surface area contributed by atoms with Gasteiger partial charge >= 0.3 is 5.97 Å². The Morgan fingerprint density at radius 2 is 2.04 bits per heavy atom. The molecule has 23 heavy (non-hydrogen) atoms. The Bertz CT molecular complexity index is 648. The average molecular weight is 343 g/mol. The first kappa shape index (κ1) is 19.0. The molecule has 1 aliphatic rings. The summed E-state index contributed by atoms with van der Waals surface area (Å²) in [5, 5.41) is 20.5. The monoisotopic (exact) mass is 343 g/mol. The third-order valence-corrected chi connectivity index (χ3v) is 5.45. The highest BCUT2D eigenvalue weighted by Crippen LogP contribution is 2.17. The predicted molar refractivity (Wildman–Crippen MR) is 82.9 cm³/mol. The summed E-state index contributed by atoms with van der Waals surface area (Å²) in [6.45, 7) is 3.29. The Morgan fingerprint density at radius 1 is 1.43 bits per heavy atom. The van der Waals surface area contributed by atoms with E-state index in [1.807, 2.05) is 0 Å². The smallest absolute Gasteiger partial charge is 0.326 e. The van der Waals surface area contributed by atoms with Crippen molar-refractivity contribution >= 4 is 21.7 Å². The Labute approximate surface area is 135 Å². The molecular formula is C14H21N3O5S. The summed E-state index contributed by atoms with van der Waals surface area (Å²) in [6.07, 6.45) is 1.69. The number of nitriles is 1. The molecule has 2 atom stereocenters. The molecule has 0 aliphatic carbocycles. The molecule has 1 heterocycles. The van der Waals surface area contributed by atoms with E-state index in [1.165, 1.54) is 11.1 Å². The highest BCUT2D eigenvalue weighted by Gasteiger charge is 2.30. The zero-order valence-electron chi connectivity index (χ0n) is 13.3. The van der Waals surface area contributed by atoms with Crippen LogP contribution in [0.15, 0.2) is 11.8 Å². The van der Waals surface area contributed by atoms with Gasteiger partial charge in [0.25, 0.3) is 5.91 Å². The molecule has 1 rings (SSSR count). The van der Waals surface area contributed by atoms with Crippen molar-refractivity contribution in [1.29, 1.82) is 5.26 Å². The van der Waals surface area contributed by atoms with Gasteiger partial charge in [0.1, 0.15) is 17.7 Å². The SMILES string of the molecule is CC(C)C(NC(=O)/C(C#N)=C\N(C)C1CCS(=O)(=O)C1)C(=O)O. The second-order valence-corrected chi connectivity index (χ2v) is 8.14. The van der Waals surface area contributed by atoms with Gasteiger partial charge in [0.05, 0.1) is 11.5 Å². The molecule has 1 aliphatic heterocycles. The number of rotatable bonds is 6. The zero-order valence-corrected chi connectivity index (χ0v) is 14.1. The first-order valence-electron chi connectivity index (χ1n) is 7.15. The lowest BCUT2D eigenvalue weighted by Gasteiger charge is -2.22. The van der Waals surface area contributed by atoms with Gasteiger partial charge in [-0.25, -0.2) is 13.2 Å². The molecule has 0 aromatic carbocycles. The van der Waals surface area contributed by atoms with Crippen LogP contribution in [-0.2, 0) is 19.4 Å². The van der Waals surface area contributed by atoms with Crippen molar-refractivity contribution in [2.45, 2.75) is 32.4 Å². The van der Waals surface area contributed by atoms with E-state index in [0.29, 0.717) is 6.42 Å². The van der Waals surface area contributed by atoms with Crippen LogP contribution in [0.2, 0.25) is 0 Å². The second-order valence-electron chi connectivity index (χ2n) is 5.91. The molecule has 0 radical (unpaired) electrons. The summed E-state index contributed by atoms with van der Waals surface area (Å²) in [5.41, 5.74) is -0.260. The fourth-order valence-corrected chi connectivity index (χ4v) is 4.06. The number of carbonyl (C=O) groups excluding carboxylic acids is 1. The Kier molecular flexibility index (Phi) is 6.15. The molecule has 8 nitrogen and oxygen atoms in total. The Balaban J connectivity index is 2.84. The fraction of sp³-hybridized carbons (Fsp3) is 0.643. The predicted octanol–water partition coefficient (Wildman–Crippen LogP) is -0.262. The van der Waals surface area contributed by atoms with Crippen LogP contribution in [0.1, 0.15) is 20.3 Å². The van der Waals surface area contributed by atoms with Crippen molar-refractivity contribution in [2.24, 2.45) is 5.92 Å². The van der Waals surface area contributed by atoms with Crippen LogP contribution >= 0.6 is 0 Å². The molecule has 0 spiro atoms. The molecule has 0 aromatic rings. The third kappa shape index (κ3) is 5.25. The van der Waals surface area contributed by atoms with Crippen molar-refractivity contribution < 1.29 is 23.1 Å². The molecular weight excluding hydrogens is 322 g/mol. The van der Waals surface area contributed by atoms with Gasteiger partial charge in [0, 0.05) is 19.3 Å². The first-order chi connectivity index (χ1) is 10.6. The van der Waals surface area contributed by atoms with E-state index in [-0.39, 0.29) is 29.0 Å². The number of carboxylic acids is 1. The maximum atomic E-state index is 12.1. The number of aliphatic carboxylic acids is 1. The number of nitrogens with one attached hydrogen (secondary N) is 1. The normalized spacial score (nSPS) is 21.5. The minimum Gasteiger partial charge on any atom is -0.480 e. The lowest BCUT2D eigenvalue weighted by atomic mass is 10.0. The summed E-state index contributed by atoms with van der Waals surface area (Å²) in [6, 6.07) is 0.330. The highest BCUT2D eigenvalue weighted by molar-refractivity contribution is 7.91. The maximum Gasteiger partial charge on any atom is 0.326 e. The lowest BCUT2D eigenvalue weighted by molar-refractivity contribution is -0.142. The topological polar surface area (TPSA) is 128 Å². The van der Waals surface area contributed by atoms with Gasteiger partial charge in [-0.2, -0.15) is 5.26 Å². The van der Waals surface area contributed by atoms with Gasteiger partial charge in [-0.3, -0.25) is 4.79 Å². The van der Waals surface area contributed by atoms with E-state index in [2.05, 4.69) is 5.32 Å². The summed E-state index contributed by atoms with van der Waals surface area (Å²) >= 11 is 0. The molecule has 128 valence electrons. The molecule has 0 aromatic heterocycles. The molecule has 0 saturated carbocycles. The quantitative estimate of drug-likeness (QED) is 0.502. The molecule has 2 unspecified atom stereocenters. The van der Waals surface area contributed by atoms with Crippen LogP contribution in [0, 0.1) is 17.2 Å². The van der Waals surface area contributed by atoms with Gasteiger partial charge in [-0.15, -0.1) is 0 Å². The minimum atomic E-state index is -3.08. The van der Waals surface area contributed by atoms with Crippen LogP contribution < -0.4 is 5.32 Å². The molecule has 1 saturated heterocycles. The standard InChI is InChI=1S/C14H21N3O5S/c1-9(2)12(14(19)20)16-13(18)10(6-15)7-17(3)11-4-5-23(21,22)8-11/h7,9,11-12H,4-5,8H2,1-3H3,(H,16,18)(H,19,20)/b10-7-. The van der Waals surface area contributed by atoms with Crippen molar-refractivity contribution in [2.75, 3.05) is 18.6 Å². The second kappa shape index (κ2) is 7.46. The number of hydrogen-bond acceptors (Lipinski definition) is 6. The van der Waals surface area contributed by atoms with E-state index < -0.39 is 27.8 Å². The third-order valence-electron chi connectivity index (χ3n) is 3.70. The van der Waals surface area contributed by atoms with Crippen molar-refractivity contribution in [3.8, 4) is 6.07 Å². The van der Waals surface area contributed by atoms with Crippen molar-refractivity contribution in [3.05, 3.63) is 11.8 Å². The number of carbonyl (C=O) groups is 2. The molecule has 1 fully saturated rings. The summed E-state index contributed by atoms with van der Waals surface area (Å²) in [7, 11) is -1.49. The Hall–Kier alpha value is -2.08. The van der Waals surface area contributed by atoms with Gasteiger partial charge < -0.3 is 15.3 Å². The van der Waals surface area contributed by atoms with Gasteiger partial charge in [-0.05, 0) is 12.3 Å². The average Bonchev–Trinajstić information content (AvgIpc) is 2.81. The van der Waals surface area contributed by atoms with Gasteiger partial charge in [-0.1, -0.05) is 13.8 Å². The number of nitrogens with zero attached hydrogens (tertiary/aromatic N) is 2. The lowest BCUT2D eigenvalue weighted by Crippen LogP contribution is -2.45. The van der Waals surface area contributed by atoms with E-state index in [4.69, 9.17) is 10.4 Å². The van der Waals surface area contributed by atoms with Crippen molar-refractivity contribution in [3.63, 3.8) is 0 Å². The van der Waals surface area contributed by atoms with Crippen LogP contribution in [0.3, 0.4) is 0 Å².